The number of aryl methyl sites for hydroxylation is 1. The third kappa shape index (κ3) is 3.12. The van der Waals surface area contributed by atoms with Crippen LogP contribution < -0.4 is 5.73 Å². The molecule has 5 heteroatoms. The van der Waals surface area contributed by atoms with Gasteiger partial charge in [-0.2, -0.15) is 0 Å². The number of carboxylic acids is 1. The van der Waals surface area contributed by atoms with E-state index in [4.69, 9.17) is 5.73 Å². The average Bonchev–Trinajstić information content (AvgIpc) is 2.72. The number of primary amides is 1. The van der Waals surface area contributed by atoms with Crippen molar-refractivity contribution >= 4 is 11.9 Å². The molecule has 0 saturated carbocycles. The number of carbonyl (C=O) groups is 2. The van der Waals surface area contributed by atoms with E-state index >= 15 is 0 Å². The molecule has 0 aromatic carbocycles. The van der Waals surface area contributed by atoms with Crippen LogP contribution in [-0.2, 0) is 11.3 Å². The van der Waals surface area contributed by atoms with Gasteiger partial charge in [0, 0.05) is 24.9 Å². The van der Waals surface area contributed by atoms with Crippen molar-refractivity contribution < 1.29 is 14.7 Å². The zero-order valence-electron chi connectivity index (χ0n) is 10.8. The smallest absolute Gasteiger partial charge is 0.337 e. The van der Waals surface area contributed by atoms with Gasteiger partial charge in [0.15, 0.2) is 0 Å². The number of hydrogen-bond acceptors (Lipinski definition) is 2. The lowest BCUT2D eigenvalue weighted by Gasteiger charge is -2.17. The maximum atomic E-state index is 11.2. The van der Waals surface area contributed by atoms with Crippen LogP contribution in [0.3, 0.4) is 0 Å². The van der Waals surface area contributed by atoms with Gasteiger partial charge in [-0.1, -0.05) is 13.8 Å². The molecule has 0 radical (unpaired) electrons. The first-order valence-corrected chi connectivity index (χ1v) is 6.21. The molecular formula is C13H20N2O3. The number of aromatic nitrogens is 1. The Kier molecular flexibility index (Phi) is 4.95. The van der Waals surface area contributed by atoms with Gasteiger partial charge in [-0.25, -0.2) is 4.79 Å². The zero-order valence-corrected chi connectivity index (χ0v) is 10.8. The Morgan fingerprint density at radius 3 is 2.44 bits per heavy atom. The Balaban J connectivity index is 3.10. The van der Waals surface area contributed by atoms with Crippen LogP contribution >= 0.6 is 0 Å². The largest absolute Gasteiger partial charge is 0.478 e. The predicted octanol–water partition coefficient (Wildman–Crippen LogP) is 1.97. The monoisotopic (exact) mass is 252 g/mol. The first-order chi connectivity index (χ1) is 8.51. The summed E-state index contributed by atoms with van der Waals surface area (Å²) >= 11 is 0. The second-order valence-corrected chi connectivity index (χ2v) is 4.34. The molecule has 1 aromatic rings. The van der Waals surface area contributed by atoms with Gasteiger partial charge in [0.1, 0.15) is 0 Å². The number of hydrogen-bond donors (Lipinski definition) is 2. The topological polar surface area (TPSA) is 85.3 Å². The van der Waals surface area contributed by atoms with E-state index in [9.17, 15) is 14.7 Å². The highest BCUT2D eigenvalue weighted by Crippen LogP contribution is 2.27. The molecule has 1 heterocycles. The molecule has 0 spiro atoms. The molecule has 0 bridgehead atoms. The van der Waals surface area contributed by atoms with Crippen LogP contribution in [-0.4, -0.2) is 21.6 Å². The standard InChI is InChI=1S/C13H20N2O3/c1-3-9(4-2)12-10(13(17)18)5-7-15(12)8-6-11(14)16/h5,7,9H,3-4,6,8H2,1-2H3,(H2,14,16)(H,17,18). The Hall–Kier alpha value is -1.78. The van der Waals surface area contributed by atoms with Crippen molar-refractivity contribution in [3.05, 3.63) is 23.5 Å². The Labute approximate surface area is 107 Å². The highest BCUT2D eigenvalue weighted by molar-refractivity contribution is 5.89. The summed E-state index contributed by atoms with van der Waals surface area (Å²) in [5, 5.41) is 9.19. The number of rotatable bonds is 7. The van der Waals surface area contributed by atoms with E-state index in [1.165, 1.54) is 0 Å². The minimum atomic E-state index is -0.922. The summed E-state index contributed by atoms with van der Waals surface area (Å²) in [6, 6.07) is 1.59. The molecule has 100 valence electrons. The van der Waals surface area contributed by atoms with Gasteiger partial charge >= 0.3 is 5.97 Å². The number of carbonyl (C=O) groups excluding carboxylic acids is 1. The van der Waals surface area contributed by atoms with E-state index in [1.54, 1.807) is 12.3 Å². The van der Waals surface area contributed by atoms with Crippen molar-refractivity contribution in [2.45, 2.75) is 45.6 Å². The van der Waals surface area contributed by atoms with Crippen molar-refractivity contribution in [2.75, 3.05) is 0 Å². The maximum absolute atomic E-state index is 11.2. The molecule has 0 saturated heterocycles. The van der Waals surface area contributed by atoms with Crippen molar-refractivity contribution in [3.63, 3.8) is 0 Å². The van der Waals surface area contributed by atoms with Gasteiger partial charge in [-0.3, -0.25) is 4.79 Å². The summed E-state index contributed by atoms with van der Waals surface area (Å²) in [6.45, 7) is 4.50. The summed E-state index contributed by atoms with van der Waals surface area (Å²) in [6.07, 6.45) is 3.69. The molecule has 1 amide bonds. The van der Waals surface area contributed by atoms with Crippen molar-refractivity contribution in [2.24, 2.45) is 5.73 Å². The van der Waals surface area contributed by atoms with Gasteiger partial charge in [0.05, 0.1) is 5.56 Å². The number of nitrogens with two attached hydrogens (primary N) is 1. The summed E-state index contributed by atoms with van der Waals surface area (Å²) in [5.74, 6) is -1.11. The van der Waals surface area contributed by atoms with Gasteiger partial charge < -0.3 is 15.4 Å². The summed E-state index contributed by atoms with van der Waals surface area (Å²) in [4.78, 5) is 22.0. The Bertz CT molecular complexity index is 433. The molecule has 5 nitrogen and oxygen atoms in total. The van der Waals surface area contributed by atoms with E-state index < -0.39 is 5.97 Å². The second kappa shape index (κ2) is 6.23. The van der Waals surface area contributed by atoms with Crippen LogP contribution in [0.4, 0.5) is 0 Å². The number of amides is 1. The third-order valence-electron chi connectivity index (χ3n) is 3.21. The SMILES string of the molecule is CCC(CC)c1c(C(=O)O)ccn1CCC(N)=O. The molecule has 0 aliphatic heterocycles. The van der Waals surface area contributed by atoms with Gasteiger partial charge in [-0.15, -0.1) is 0 Å². The number of aromatic carboxylic acids is 1. The average molecular weight is 252 g/mol. The van der Waals surface area contributed by atoms with Gasteiger partial charge in [0.25, 0.3) is 0 Å². The quantitative estimate of drug-likeness (QED) is 0.777. The normalized spacial score (nSPS) is 10.8. The van der Waals surface area contributed by atoms with Crippen LogP contribution in [0.15, 0.2) is 12.3 Å². The minimum absolute atomic E-state index is 0.193. The molecule has 0 aliphatic carbocycles. The van der Waals surface area contributed by atoms with Gasteiger partial charge in [0.2, 0.25) is 5.91 Å². The summed E-state index contributed by atoms with van der Waals surface area (Å²) < 4.78 is 1.84. The molecule has 0 aliphatic rings. The van der Waals surface area contributed by atoms with Crippen LogP contribution in [0.25, 0.3) is 0 Å². The van der Waals surface area contributed by atoms with E-state index in [2.05, 4.69) is 0 Å². The van der Waals surface area contributed by atoms with Crippen LogP contribution in [0, 0.1) is 0 Å². The highest BCUT2D eigenvalue weighted by atomic mass is 16.4. The lowest BCUT2D eigenvalue weighted by Crippen LogP contribution is -2.16. The third-order valence-corrected chi connectivity index (χ3v) is 3.21. The first-order valence-electron chi connectivity index (χ1n) is 6.21. The fourth-order valence-electron chi connectivity index (χ4n) is 2.22. The lowest BCUT2D eigenvalue weighted by atomic mass is 9.96. The molecule has 3 N–H and O–H groups in total. The van der Waals surface area contributed by atoms with E-state index in [1.807, 2.05) is 18.4 Å². The summed E-state index contributed by atoms with van der Waals surface area (Å²) in [5.41, 5.74) is 6.26. The lowest BCUT2D eigenvalue weighted by molar-refractivity contribution is -0.118. The van der Waals surface area contributed by atoms with Crippen LogP contribution in [0.2, 0.25) is 0 Å². The number of carboxylic acid groups (broad SMARTS) is 1. The molecule has 0 fully saturated rings. The molecule has 18 heavy (non-hydrogen) atoms. The number of nitrogens with zero attached hydrogens (tertiary/aromatic N) is 1. The first kappa shape index (κ1) is 14.3. The Morgan fingerprint density at radius 1 is 1.39 bits per heavy atom. The molecular weight excluding hydrogens is 232 g/mol. The van der Waals surface area contributed by atoms with E-state index in [0.717, 1.165) is 18.5 Å². The second-order valence-electron chi connectivity index (χ2n) is 4.34. The Morgan fingerprint density at radius 2 is 2.00 bits per heavy atom. The predicted molar refractivity (Wildman–Crippen MR) is 68.5 cm³/mol. The van der Waals surface area contributed by atoms with E-state index in [0.29, 0.717) is 12.1 Å². The van der Waals surface area contributed by atoms with Crippen LogP contribution in [0.1, 0.15) is 55.1 Å². The van der Waals surface area contributed by atoms with Crippen molar-refractivity contribution in [1.29, 1.82) is 0 Å². The maximum Gasteiger partial charge on any atom is 0.337 e. The van der Waals surface area contributed by atoms with Crippen molar-refractivity contribution in [3.8, 4) is 0 Å². The fourth-order valence-corrected chi connectivity index (χ4v) is 2.22. The van der Waals surface area contributed by atoms with Crippen LogP contribution in [0.5, 0.6) is 0 Å². The fraction of sp³-hybridized carbons (Fsp3) is 0.538. The minimum Gasteiger partial charge on any atom is -0.478 e. The molecule has 1 rings (SSSR count). The summed E-state index contributed by atoms with van der Waals surface area (Å²) in [7, 11) is 0. The van der Waals surface area contributed by atoms with Gasteiger partial charge in [-0.05, 0) is 24.8 Å². The molecule has 1 aromatic heterocycles. The van der Waals surface area contributed by atoms with E-state index in [-0.39, 0.29) is 18.2 Å². The highest BCUT2D eigenvalue weighted by Gasteiger charge is 2.21. The van der Waals surface area contributed by atoms with Crippen molar-refractivity contribution in [1.82, 2.24) is 4.57 Å². The zero-order chi connectivity index (χ0) is 13.7. The molecule has 0 atom stereocenters. The molecule has 0 unspecified atom stereocenters.